The van der Waals surface area contributed by atoms with Gasteiger partial charge in [-0.2, -0.15) is 0 Å². The summed E-state index contributed by atoms with van der Waals surface area (Å²) in [4.78, 5) is 27.8. The predicted octanol–water partition coefficient (Wildman–Crippen LogP) is 3.69. The topological polar surface area (TPSA) is 77.4 Å². The van der Waals surface area contributed by atoms with Crippen molar-refractivity contribution in [3.8, 4) is 17.5 Å². The molecule has 3 aromatic rings. The molecule has 1 aliphatic rings. The predicted molar refractivity (Wildman–Crippen MR) is 107 cm³/mol. The average molecular weight is 390 g/mol. The minimum Gasteiger partial charge on any atom is -0.481 e. The average Bonchev–Trinajstić information content (AvgIpc) is 2.79. The van der Waals surface area contributed by atoms with Crippen molar-refractivity contribution >= 4 is 5.91 Å². The Bertz CT molecular complexity index is 963. The summed E-state index contributed by atoms with van der Waals surface area (Å²) in [5.41, 5.74) is 1.39. The summed E-state index contributed by atoms with van der Waals surface area (Å²) >= 11 is 0. The zero-order chi connectivity index (χ0) is 20.1. The van der Waals surface area contributed by atoms with Crippen LogP contribution in [0.1, 0.15) is 34.8 Å². The standard InChI is InChI=1S/C22H22N4O3/c1-28-20-10-9-16(12-24-20)22(27)26-11-5-6-17(15-26)19-13-23-14-21(25-19)29-18-7-3-2-4-8-18/h2-4,7-10,12-14,17H,5-6,11,15H2,1H3/t17-/m1/s1. The third-order valence-electron chi connectivity index (χ3n) is 4.92. The van der Waals surface area contributed by atoms with E-state index in [1.165, 1.54) is 0 Å². The molecule has 2 aromatic heterocycles. The van der Waals surface area contributed by atoms with Gasteiger partial charge in [0, 0.05) is 37.5 Å². The largest absolute Gasteiger partial charge is 0.481 e. The second-order valence-corrected chi connectivity index (χ2v) is 6.88. The number of likely N-dealkylation sites (tertiary alicyclic amines) is 1. The van der Waals surface area contributed by atoms with Crippen LogP contribution in [0.5, 0.6) is 17.5 Å². The first-order valence-electron chi connectivity index (χ1n) is 9.57. The van der Waals surface area contributed by atoms with Crippen LogP contribution in [0.15, 0.2) is 61.1 Å². The number of hydrogen-bond acceptors (Lipinski definition) is 6. The highest BCUT2D eigenvalue weighted by molar-refractivity contribution is 5.94. The van der Waals surface area contributed by atoms with Crippen molar-refractivity contribution in [1.82, 2.24) is 19.9 Å². The molecule has 4 rings (SSSR count). The number of para-hydroxylation sites is 1. The van der Waals surface area contributed by atoms with E-state index in [9.17, 15) is 4.79 Å². The van der Waals surface area contributed by atoms with Crippen molar-refractivity contribution in [3.63, 3.8) is 0 Å². The maximum Gasteiger partial charge on any atom is 0.255 e. The summed E-state index contributed by atoms with van der Waals surface area (Å²) in [6, 6.07) is 12.9. The highest BCUT2D eigenvalue weighted by atomic mass is 16.5. The van der Waals surface area contributed by atoms with E-state index >= 15 is 0 Å². The Morgan fingerprint density at radius 1 is 1.07 bits per heavy atom. The Morgan fingerprint density at radius 2 is 1.93 bits per heavy atom. The van der Waals surface area contributed by atoms with Gasteiger partial charge in [-0.15, -0.1) is 0 Å². The van der Waals surface area contributed by atoms with E-state index in [-0.39, 0.29) is 11.8 Å². The van der Waals surface area contributed by atoms with Gasteiger partial charge in [0.1, 0.15) is 5.75 Å². The molecule has 3 heterocycles. The minimum absolute atomic E-state index is 0.0329. The molecule has 0 N–H and O–H groups in total. The fraction of sp³-hybridized carbons (Fsp3) is 0.273. The van der Waals surface area contributed by atoms with Crippen LogP contribution in [-0.4, -0.2) is 46.0 Å². The first-order valence-corrected chi connectivity index (χ1v) is 9.57. The van der Waals surface area contributed by atoms with Gasteiger partial charge in [0.15, 0.2) is 0 Å². The fourth-order valence-corrected chi connectivity index (χ4v) is 3.43. The SMILES string of the molecule is COc1ccc(C(=O)N2CCC[C@@H](c3cncc(Oc4ccccc4)n3)C2)cn1. The molecule has 0 unspecified atom stereocenters. The number of nitrogens with zero attached hydrogens (tertiary/aromatic N) is 4. The number of methoxy groups -OCH3 is 1. The smallest absolute Gasteiger partial charge is 0.255 e. The second kappa shape index (κ2) is 8.68. The van der Waals surface area contributed by atoms with Gasteiger partial charge in [0.05, 0.1) is 24.6 Å². The van der Waals surface area contributed by atoms with E-state index in [0.717, 1.165) is 25.1 Å². The first kappa shape index (κ1) is 18.9. The van der Waals surface area contributed by atoms with Gasteiger partial charge in [-0.1, -0.05) is 18.2 Å². The summed E-state index contributed by atoms with van der Waals surface area (Å²) in [7, 11) is 1.55. The number of hydrogen-bond donors (Lipinski definition) is 0. The number of piperidine rings is 1. The molecule has 29 heavy (non-hydrogen) atoms. The van der Waals surface area contributed by atoms with Crippen molar-refractivity contribution < 1.29 is 14.3 Å². The van der Waals surface area contributed by atoms with E-state index in [1.54, 1.807) is 37.8 Å². The van der Waals surface area contributed by atoms with Crippen LogP contribution in [0.4, 0.5) is 0 Å². The van der Waals surface area contributed by atoms with E-state index in [0.29, 0.717) is 29.6 Å². The molecule has 0 bridgehead atoms. The number of amides is 1. The third-order valence-corrected chi connectivity index (χ3v) is 4.92. The normalized spacial score (nSPS) is 16.3. The Balaban J connectivity index is 1.46. The van der Waals surface area contributed by atoms with Gasteiger partial charge in [0.25, 0.3) is 5.91 Å². The number of carbonyl (C=O) groups is 1. The number of carbonyl (C=O) groups excluding carboxylic acids is 1. The Labute approximate surface area is 169 Å². The Hall–Kier alpha value is -3.48. The van der Waals surface area contributed by atoms with Crippen LogP contribution in [-0.2, 0) is 0 Å². The molecule has 1 aromatic carbocycles. The molecule has 0 spiro atoms. The minimum atomic E-state index is -0.0329. The fourth-order valence-electron chi connectivity index (χ4n) is 3.43. The van der Waals surface area contributed by atoms with Gasteiger partial charge in [-0.25, -0.2) is 9.97 Å². The molecule has 1 fully saturated rings. The van der Waals surface area contributed by atoms with Crippen LogP contribution in [0.25, 0.3) is 0 Å². The van der Waals surface area contributed by atoms with Crippen molar-refractivity contribution in [2.24, 2.45) is 0 Å². The first-order chi connectivity index (χ1) is 14.2. The highest BCUT2D eigenvalue weighted by Gasteiger charge is 2.27. The molecule has 0 aliphatic carbocycles. The number of benzene rings is 1. The van der Waals surface area contributed by atoms with E-state index in [4.69, 9.17) is 9.47 Å². The molecule has 1 aliphatic heterocycles. The molecule has 0 radical (unpaired) electrons. The second-order valence-electron chi connectivity index (χ2n) is 6.88. The summed E-state index contributed by atoms with van der Waals surface area (Å²) in [5.74, 6) is 1.74. The van der Waals surface area contributed by atoms with Crippen LogP contribution in [0, 0.1) is 0 Å². The maximum absolute atomic E-state index is 12.9. The number of pyridine rings is 1. The van der Waals surface area contributed by atoms with Gasteiger partial charge in [-0.3, -0.25) is 9.78 Å². The number of ether oxygens (including phenoxy) is 2. The Morgan fingerprint density at radius 3 is 2.69 bits per heavy atom. The van der Waals surface area contributed by atoms with E-state index in [2.05, 4.69) is 15.0 Å². The lowest BCUT2D eigenvalue weighted by atomic mass is 9.94. The summed E-state index contributed by atoms with van der Waals surface area (Å²) in [6.45, 7) is 1.31. The lowest BCUT2D eigenvalue weighted by Gasteiger charge is -2.32. The lowest BCUT2D eigenvalue weighted by molar-refractivity contribution is 0.0705. The third kappa shape index (κ3) is 4.51. The van der Waals surface area contributed by atoms with E-state index in [1.807, 2.05) is 35.2 Å². The molecule has 1 saturated heterocycles. The van der Waals surface area contributed by atoms with Crippen LogP contribution in [0.3, 0.4) is 0 Å². The van der Waals surface area contributed by atoms with Crippen molar-refractivity contribution in [1.29, 1.82) is 0 Å². The molecule has 0 saturated carbocycles. The van der Waals surface area contributed by atoms with Crippen molar-refractivity contribution in [3.05, 3.63) is 72.3 Å². The van der Waals surface area contributed by atoms with Gasteiger partial charge < -0.3 is 14.4 Å². The molecular formula is C22H22N4O3. The molecule has 148 valence electrons. The van der Waals surface area contributed by atoms with Gasteiger partial charge in [-0.05, 0) is 31.0 Å². The summed E-state index contributed by atoms with van der Waals surface area (Å²) in [5, 5.41) is 0. The highest BCUT2D eigenvalue weighted by Crippen LogP contribution is 2.28. The zero-order valence-corrected chi connectivity index (χ0v) is 16.2. The summed E-state index contributed by atoms with van der Waals surface area (Å²) in [6.07, 6.45) is 6.77. The molecule has 7 heteroatoms. The van der Waals surface area contributed by atoms with Crippen molar-refractivity contribution in [2.75, 3.05) is 20.2 Å². The van der Waals surface area contributed by atoms with Crippen LogP contribution >= 0.6 is 0 Å². The number of aromatic nitrogens is 3. The quantitative estimate of drug-likeness (QED) is 0.661. The lowest BCUT2D eigenvalue weighted by Crippen LogP contribution is -2.39. The Kier molecular flexibility index (Phi) is 5.65. The molecule has 7 nitrogen and oxygen atoms in total. The summed E-state index contributed by atoms with van der Waals surface area (Å²) < 4.78 is 10.9. The molecule has 1 atom stereocenters. The van der Waals surface area contributed by atoms with Crippen molar-refractivity contribution in [2.45, 2.75) is 18.8 Å². The number of rotatable bonds is 5. The van der Waals surface area contributed by atoms with Gasteiger partial charge in [0.2, 0.25) is 11.8 Å². The molecular weight excluding hydrogens is 368 g/mol. The van der Waals surface area contributed by atoms with Crippen LogP contribution in [0.2, 0.25) is 0 Å². The van der Waals surface area contributed by atoms with Crippen LogP contribution < -0.4 is 9.47 Å². The monoisotopic (exact) mass is 390 g/mol. The van der Waals surface area contributed by atoms with Gasteiger partial charge >= 0.3 is 0 Å². The zero-order valence-electron chi connectivity index (χ0n) is 16.2. The molecule has 1 amide bonds. The maximum atomic E-state index is 12.9. The van der Waals surface area contributed by atoms with E-state index < -0.39 is 0 Å².